The SMILES string of the molecule is CCNC(=NCc1cc(OC)c(O)c(OC)c1)NCC1(c2cccc(Cl)c2)CC1. The van der Waals surface area contributed by atoms with E-state index in [9.17, 15) is 5.11 Å². The fourth-order valence-electron chi connectivity index (χ4n) is 3.34. The van der Waals surface area contributed by atoms with E-state index < -0.39 is 0 Å². The number of ether oxygens (including phenoxy) is 2. The third kappa shape index (κ3) is 5.07. The van der Waals surface area contributed by atoms with Gasteiger partial charge in [0.1, 0.15) is 0 Å². The average molecular weight is 418 g/mol. The van der Waals surface area contributed by atoms with Gasteiger partial charge in [0, 0.05) is 23.5 Å². The summed E-state index contributed by atoms with van der Waals surface area (Å²) >= 11 is 6.17. The Morgan fingerprint density at radius 2 is 1.83 bits per heavy atom. The van der Waals surface area contributed by atoms with Crippen molar-refractivity contribution in [2.75, 3.05) is 27.3 Å². The Morgan fingerprint density at radius 3 is 2.38 bits per heavy atom. The summed E-state index contributed by atoms with van der Waals surface area (Å²) in [4.78, 5) is 4.68. The Labute approximate surface area is 176 Å². The van der Waals surface area contributed by atoms with E-state index in [0.717, 1.165) is 42.5 Å². The normalized spacial score (nSPS) is 15.0. The summed E-state index contributed by atoms with van der Waals surface area (Å²) in [6.45, 7) is 4.01. The number of nitrogens with one attached hydrogen (secondary N) is 2. The van der Waals surface area contributed by atoms with Crippen molar-refractivity contribution in [3.63, 3.8) is 0 Å². The van der Waals surface area contributed by atoms with Gasteiger partial charge in [-0.3, -0.25) is 0 Å². The van der Waals surface area contributed by atoms with Crippen LogP contribution in [0.3, 0.4) is 0 Å². The minimum Gasteiger partial charge on any atom is -0.502 e. The van der Waals surface area contributed by atoms with E-state index in [4.69, 9.17) is 21.1 Å². The highest BCUT2D eigenvalue weighted by Crippen LogP contribution is 2.48. The zero-order valence-corrected chi connectivity index (χ0v) is 17.8. The minimum atomic E-state index is -0.00930. The molecule has 29 heavy (non-hydrogen) atoms. The zero-order valence-electron chi connectivity index (χ0n) is 17.1. The van der Waals surface area contributed by atoms with Crippen LogP contribution in [-0.4, -0.2) is 38.4 Å². The first-order valence-electron chi connectivity index (χ1n) is 9.73. The molecule has 2 aromatic carbocycles. The molecule has 1 fully saturated rings. The van der Waals surface area contributed by atoms with Crippen LogP contribution in [0.5, 0.6) is 17.2 Å². The van der Waals surface area contributed by atoms with Crippen LogP contribution in [-0.2, 0) is 12.0 Å². The molecule has 0 unspecified atom stereocenters. The number of benzene rings is 2. The van der Waals surface area contributed by atoms with Crippen LogP contribution in [0, 0.1) is 0 Å². The van der Waals surface area contributed by atoms with Gasteiger partial charge in [0.2, 0.25) is 5.75 Å². The zero-order chi connectivity index (χ0) is 20.9. The molecule has 1 saturated carbocycles. The van der Waals surface area contributed by atoms with Gasteiger partial charge in [-0.25, -0.2) is 4.99 Å². The number of guanidine groups is 1. The van der Waals surface area contributed by atoms with Crippen molar-refractivity contribution in [2.45, 2.75) is 31.7 Å². The van der Waals surface area contributed by atoms with Gasteiger partial charge in [-0.05, 0) is 55.2 Å². The average Bonchev–Trinajstić information content (AvgIpc) is 3.52. The maximum Gasteiger partial charge on any atom is 0.200 e. The third-order valence-electron chi connectivity index (χ3n) is 5.19. The highest BCUT2D eigenvalue weighted by Gasteiger charge is 2.44. The second kappa shape index (κ2) is 9.27. The van der Waals surface area contributed by atoms with Gasteiger partial charge in [-0.1, -0.05) is 23.7 Å². The lowest BCUT2D eigenvalue weighted by atomic mass is 9.96. The molecule has 3 N–H and O–H groups in total. The second-order valence-corrected chi connectivity index (χ2v) is 7.62. The highest BCUT2D eigenvalue weighted by molar-refractivity contribution is 6.30. The van der Waals surface area contributed by atoms with E-state index in [0.29, 0.717) is 18.0 Å². The van der Waals surface area contributed by atoms with Gasteiger partial charge in [-0.2, -0.15) is 0 Å². The Morgan fingerprint density at radius 1 is 1.14 bits per heavy atom. The topological polar surface area (TPSA) is 75.1 Å². The molecule has 6 nitrogen and oxygen atoms in total. The first kappa shape index (κ1) is 21.1. The van der Waals surface area contributed by atoms with Gasteiger partial charge < -0.3 is 25.2 Å². The van der Waals surface area contributed by atoms with Crippen LogP contribution >= 0.6 is 11.6 Å². The van der Waals surface area contributed by atoms with E-state index in [1.807, 2.05) is 19.1 Å². The Bertz CT molecular complexity index is 856. The lowest BCUT2D eigenvalue weighted by Gasteiger charge is -2.19. The standard InChI is InChI=1S/C22H28ClN3O3/c1-4-24-21(25-13-15-10-18(28-2)20(27)19(11-15)29-3)26-14-22(8-9-22)16-6-5-7-17(23)12-16/h5-7,10-12,27H,4,8-9,13-14H2,1-3H3,(H2,24,25,26). The number of hydrogen-bond donors (Lipinski definition) is 3. The van der Waals surface area contributed by atoms with Crippen molar-refractivity contribution in [1.82, 2.24) is 10.6 Å². The molecule has 156 valence electrons. The number of halogens is 1. The first-order valence-corrected chi connectivity index (χ1v) is 10.1. The molecule has 0 aliphatic heterocycles. The Balaban J connectivity index is 1.71. The Hall–Kier alpha value is -2.60. The van der Waals surface area contributed by atoms with Crippen LogP contribution < -0.4 is 20.1 Å². The molecular weight excluding hydrogens is 390 g/mol. The van der Waals surface area contributed by atoms with Crippen molar-refractivity contribution in [3.05, 3.63) is 52.5 Å². The van der Waals surface area contributed by atoms with Gasteiger partial charge in [-0.15, -0.1) is 0 Å². The van der Waals surface area contributed by atoms with Gasteiger partial charge >= 0.3 is 0 Å². The molecule has 0 radical (unpaired) electrons. The van der Waals surface area contributed by atoms with E-state index in [2.05, 4.69) is 27.8 Å². The molecule has 7 heteroatoms. The minimum absolute atomic E-state index is 0.00930. The maximum absolute atomic E-state index is 10.1. The molecule has 1 aliphatic rings. The lowest BCUT2D eigenvalue weighted by Crippen LogP contribution is -2.41. The van der Waals surface area contributed by atoms with Crippen LogP contribution in [0.15, 0.2) is 41.4 Å². The van der Waals surface area contributed by atoms with E-state index in [-0.39, 0.29) is 11.2 Å². The monoisotopic (exact) mass is 417 g/mol. The third-order valence-corrected chi connectivity index (χ3v) is 5.42. The summed E-state index contributed by atoms with van der Waals surface area (Å²) in [5, 5.41) is 17.6. The van der Waals surface area contributed by atoms with Crippen molar-refractivity contribution >= 4 is 17.6 Å². The van der Waals surface area contributed by atoms with Crippen molar-refractivity contribution in [2.24, 2.45) is 4.99 Å². The Kier molecular flexibility index (Phi) is 6.75. The fraction of sp³-hybridized carbons (Fsp3) is 0.409. The van der Waals surface area contributed by atoms with Crippen LogP contribution in [0.25, 0.3) is 0 Å². The number of aliphatic imine (C=N–C) groups is 1. The largest absolute Gasteiger partial charge is 0.502 e. The fourth-order valence-corrected chi connectivity index (χ4v) is 3.53. The summed E-state index contributed by atoms with van der Waals surface area (Å²) in [6.07, 6.45) is 2.26. The predicted octanol–water partition coefficient (Wildman–Crippen LogP) is 3.85. The predicted molar refractivity (Wildman–Crippen MR) is 116 cm³/mol. The molecular formula is C22H28ClN3O3. The molecule has 2 aromatic rings. The molecule has 0 amide bonds. The summed E-state index contributed by atoms with van der Waals surface area (Å²) in [7, 11) is 3.02. The van der Waals surface area contributed by atoms with E-state index >= 15 is 0 Å². The van der Waals surface area contributed by atoms with Crippen molar-refractivity contribution in [1.29, 1.82) is 0 Å². The molecule has 3 rings (SSSR count). The van der Waals surface area contributed by atoms with Crippen molar-refractivity contribution < 1.29 is 14.6 Å². The molecule has 0 spiro atoms. The van der Waals surface area contributed by atoms with Crippen LogP contribution in [0.1, 0.15) is 30.9 Å². The number of methoxy groups -OCH3 is 2. The molecule has 0 saturated heterocycles. The molecule has 1 aliphatic carbocycles. The van der Waals surface area contributed by atoms with E-state index in [1.165, 1.54) is 19.8 Å². The van der Waals surface area contributed by atoms with Gasteiger partial charge in [0.15, 0.2) is 17.5 Å². The number of nitrogens with zero attached hydrogens (tertiary/aromatic N) is 1. The van der Waals surface area contributed by atoms with Gasteiger partial charge in [0.25, 0.3) is 0 Å². The number of phenols is 1. The van der Waals surface area contributed by atoms with Gasteiger partial charge in [0.05, 0.1) is 20.8 Å². The smallest absolute Gasteiger partial charge is 0.200 e. The van der Waals surface area contributed by atoms with Crippen LogP contribution in [0.2, 0.25) is 5.02 Å². The molecule has 0 heterocycles. The molecule has 0 aromatic heterocycles. The summed E-state index contributed by atoms with van der Waals surface area (Å²) in [5.74, 6) is 1.47. The highest BCUT2D eigenvalue weighted by atomic mass is 35.5. The second-order valence-electron chi connectivity index (χ2n) is 7.19. The number of rotatable bonds is 8. The first-order chi connectivity index (χ1) is 14.0. The molecule has 0 atom stereocenters. The quantitative estimate of drug-likeness (QED) is 0.449. The summed E-state index contributed by atoms with van der Waals surface area (Å²) < 4.78 is 10.4. The van der Waals surface area contributed by atoms with Crippen molar-refractivity contribution in [3.8, 4) is 17.2 Å². The number of phenolic OH excluding ortho intramolecular Hbond substituents is 1. The molecule has 0 bridgehead atoms. The van der Waals surface area contributed by atoms with Crippen LogP contribution in [0.4, 0.5) is 0 Å². The summed E-state index contributed by atoms with van der Waals surface area (Å²) in [5.41, 5.74) is 2.26. The number of aromatic hydroxyl groups is 1. The van der Waals surface area contributed by atoms with E-state index in [1.54, 1.807) is 12.1 Å². The maximum atomic E-state index is 10.1. The number of hydrogen-bond acceptors (Lipinski definition) is 4. The lowest BCUT2D eigenvalue weighted by molar-refractivity contribution is 0.339. The summed E-state index contributed by atoms with van der Waals surface area (Å²) in [6, 6.07) is 11.6.